The van der Waals surface area contributed by atoms with E-state index in [1.54, 1.807) is 0 Å². The molecule has 1 aromatic heterocycles. The van der Waals surface area contributed by atoms with Gasteiger partial charge in [-0.2, -0.15) is 0 Å². The summed E-state index contributed by atoms with van der Waals surface area (Å²) >= 11 is 1.44. The summed E-state index contributed by atoms with van der Waals surface area (Å²) in [7, 11) is 0. The van der Waals surface area contributed by atoms with Crippen molar-refractivity contribution in [2.24, 2.45) is 11.7 Å². The molecule has 0 saturated carbocycles. The van der Waals surface area contributed by atoms with Crippen LogP contribution in [0.1, 0.15) is 66.2 Å². The van der Waals surface area contributed by atoms with Crippen molar-refractivity contribution in [2.45, 2.75) is 58.3 Å². The fraction of sp³-hybridized carbons (Fsp3) is 0.588. The van der Waals surface area contributed by atoms with E-state index >= 15 is 0 Å². The standard InChI is InChI=1S/C17H24N2O4S/c1-2-4-10-7-8-11-12(9-10)24-17(15(11)16(18)23)19-13(20)5-3-6-14(21)22/h10H,2-9H2,1H3,(H2,18,23)(H,19,20)(H,21,22)/t10-/m1/s1. The lowest BCUT2D eigenvalue weighted by molar-refractivity contribution is -0.137. The number of thiophene rings is 1. The Labute approximate surface area is 145 Å². The quantitative estimate of drug-likeness (QED) is 0.668. The Balaban J connectivity index is 2.11. The van der Waals surface area contributed by atoms with Crippen LogP contribution in [-0.2, 0) is 22.4 Å². The van der Waals surface area contributed by atoms with Crippen LogP contribution in [0.25, 0.3) is 0 Å². The number of amides is 2. The lowest BCUT2D eigenvalue weighted by atomic mass is 9.84. The number of carboxylic acids is 1. The second-order valence-electron chi connectivity index (χ2n) is 6.27. The maximum atomic E-state index is 12.0. The summed E-state index contributed by atoms with van der Waals surface area (Å²) in [5.41, 5.74) is 6.96. The van der Waals surface area contributed by atoms with Gasteiger partial charge in [0.15, 0.2) is 0 Å². The second kappa shape index (κ2) is 8.28. The molecule has 7 heteroatoms. The van der Waals surface area contributed by atoms with Gasteiger partial charge in [-0.3, -0.25) is 14.4 Å². The average molecular weight is 352 g/mol. The molecule has 2 amide bonds. The first-order chi connectivity index (χ1) is 11.4. The number of carbonyl (C=O) groups excluding carboxylic acids is 2. The molecule has 0 aromatic carbocycles. The molecule has 1 aliphatic carbocycles. The van der Waals surface area contributed by atoms with Gasteiger partial charge >= 0.3 is 5.97 Å². The van der Waals surface area contributed by atoms with Crippen LogP contribution in [0.2, 0.25) is 0 Å². The van der Waals surface area contributed by atoms with Crippen LogP contribution in [0.4, 0.5) is 5.00 Å². The SMILES string of the molecule is CCC[C@@H]1CCc2c(sc(NC(=O)CCCC(=O)O)c2C(N)=O)C1. The van der Waals surface area contributed by atoms with Gasteiger partial charge in [0.05, 0.1) is 5.56 Å². The molecule has 1 atom stereocenters. The van der Waals surface area contributed by atoms with Gasteiger partial charge in [0.2, 0.25) is 5.91 Å². The number of hydrogen-bond acceptors (Lipinski definition) is 4. The Morgan fingerprint density at radius 3 is 2.71 bits per heavy atom. The van der Waals surface area contributed by atoms with Crippen molar-refractivity contribution < 1.29 is 19.5 Å². The molecule has 6 nitrogen and oxygen atoms in total. The first kappa shape index (κ1) is 18.4. The minimum atomic E-state index is -0.922. The molecule has 1 aromatic rings. The lowest BCUT2D eigenvalue weighted by Crippen LogP contribution is -2.19. The third-order valence-corrected chi connectivity index (χ3v) is 5.53. The van der Waals surface area contributed by atoms with E-state index in [9.17, 15) is 14.4 Å². The van der Waals surface area contributed by atoms with Crippen molar-refractivity contribution >= 4 is 34.1 Å². The van der Waals surface area contributed by atoms with E-state index in [0.29, 0.717) is 16.5 Å². The highest BCUT2D eigenvalue weighted by Gasteiger charge is 2.28. The first-order valence-electron chi connectivity index (χ1n) is 8.38. The van der Waals surface area contributed by atoms with Gasteiger partial charge < -0.3 is 16.2 Å². The number of hydrogen-bond donors (Lipinski definition) is 3. The largest absolute Gasteiger partial charge is 0.481 e. The van der Waals surface area contributed by atoms with Gasteiger partial charge in [-0.15, -0.1) is 11.3 Å². The molecule has 1 aliphatic rings. The third-order valence-electron chi connectivity index (χ3n) is 4.36. The molecule has 0 aliphatic heterocycles. The fourth-order valence-corrected chi connectivity index (χ4v) is 4.63. The van der Waals surface area contributed by atoms with E-state index in [2.05, 4.69) is 12.2 Å². The number of carboxylic acid groups (broad SMARTS) is 1. The van der Waals surface area contributed by atoms with E-state index in [0.717, 1.165) is 36.1 Å². The van der Waals surface area contributed by atoms with Crippen LogP contribution in [0, 0.1) is 5.92 Å². The lowest BCUT2D eigenvalue weighted by Gasteiger charge is -2.21. The maximum absolute atomic E-state index is 12.0. The molecular formula is C17H24N2O4S. The molecular weight excluding hydrogens is 328 g/mol. The van der Waals surface area contributed by atoms with E-state index in [1.807, 2.05) is 0 Å². The zero-order chi connectivity index (χ0) is 17.7. The zero-order valence-electron chi connectivity index (χ0n) is 13.9. The number of carbonyl (C=O) groups is 3. The number of nitrogens with one attached hydrogen (secondary N) is 1. The molecule has 0 radical (unpaired) electrons. The fourth-order valence-electron chi connectivity index (χ4n) is 3.25. The summed E-state index contributed by atoms with van der Waals surface area (Å²) in [5, 5.41) is 11.9. The average Bonchev–Trinajstić information content (AvgIpc) is 2.84. The molecule has 0 bridgehead atoms. The van der Waals surface area contributed by atoms with Gasteiger partial charge in [0.25, 0.3) is 5.91 Å². The van der Waals surface area contributed by atoms with Crippen LogP contribution in [-0.4, -0.2) is 22.9 Å². The van der Waals surface area contributed by atoms with Crippen molar-refractivity contribution in [1.29, 1.82) is 0 Å². The molecule has 2 rings (SSSR count). The highest BCUT2D eigenvalue weighted by atomic mass is 32.1. The van der Waals surface area contributed by atoms with Crippen molar-refractivity contribution in [3.8, 4) is 0 Å². The Bertz CT molecular complexity index is 639. The minimum Gasteiger partial charge on any atom is -0.481 e. The zero-order valence-corrected chi connectivity index (χ0v) is 14.7. The number of fused-ring (bicyclic) bond motifs is 1. The molecule has 132 valence electrons. The van der Waals surface area contributed by atoms with Crippen LogP contribution >= 0.6 is 11.3 Å². The summed E-state index contributed by atoms with van der Waals surface area (Å²) in [6, 6.07) is 0. The third kappa shape index (κ3) is 4.56. The monoisotopic (exact) mass is 352 g/mol. The number of anilines is 1. The summed E-state index contributed by atoms with van der Waals surface area (Å²) in [6.45, 7) is 2.17. The van der Waals surface area contributed by atoms with Gasteiger partial charge in [-0.25, -0.2) is 0 Å². The van der Waals surface area contributed by atoms with Crippen LogP contribution < -0.4 is 11.1 Å². The van der Waals surface area contributed by atoms with Crippen LogP contribution in [0.15, 0.2) is 0 Å². The highest BCUT2D eigenvalue weighted by Crippen LogP contribution is 2.40. The topological polar surface area (TPSA) is 109 Å². The summed E-state index contributed by atoms with van der Waals surface area (Å²) in [6.07, 6.45) is 5.45. The summed E-state index contributed by atoms with van der Waals surface area (Å²) < 4.78 is 0. The number of primary amides is 1. The van der Waals surface area contributed by atoms with E-state index < -0.39 is 11.9 Å². The summed E-state index contributed by atoms with van der Waals surface area (Å²) in [4.78, 5) is 35.5. The predicted octanol–water partition coefficient (Wildman–Crippen LogP) is 2.95. The maximum Gasteiger partial charge on any atom is 0.303 e. The van der Waals surface area contributed by atoms with Gasteiger partial charge in [-0.05, 0) is 37.2 Å². The molecule has 0 spiro atoms. The molecule has 4 N–H and O–H groups in total. The minimum absolute atomic E-state index is 0.0459. The highest BCUT2D eigenvalue weighted by molar-refractivity contribution is 7.17. The Kier molecular flexibility index (Phi) is 6.36. The number of rotatable bonds is 8. The Hall–Kier alpha value is -1.89. The van der Waals surface area contributed by atoms with Gasteiger partial charge in [0, 0.05) is 17.7 Å². The normalized spacial score (nSPS) is 16.5. The van der Waals surface area contributed by atoms with E-state index in [4.69, 9.17) is 10.8 Å². The van der Waals surface area contributed by atoms with Gasteiger partial charge in [-0.1, -0.05) is 19.8 Å². The molecule has 1 heterocycles. The van der Waals surface area contributed by atoms with Crippen molar-refractivity contribution in [3.05, 3.63) is 16.0 Å². The first-order valence-corrected chi connectivity index (χ1v) is 9.20. The molecule has 0 fully saturated rings. The second-order valence-corrected chi connectivity index (χ2v) is 7.37. The van der Waals surface area contributed by atoms with Gasteiger partial charge in [0.1, 0.15) is 5.00 Å². The molecule has 24 heavy (non-hydrogen) atoms. The summed E-state index contributed by atoms with van der Waals surface area (Å²) in [5.74, 6) is -1.08. The van der Waals surface area contributed by atoms with Crippen molar-refractivity contribution in [3.63, 3.8) is 0 Å². The predicted molar refractivity (Wildman–Crippen MR) is 93.4 cm³/mol. The Morgan fingerprint density at radius 2 is 2.08 bits per heavy atom. The molecule has 0 saturated heterocycles. The Morgan fingerprint density at radius 1 is 1.33 bits per heavy atom. The number of aliphatic carboxylic acids is 1. The smallest absolute Gasteiger partial charge is 0.303 e. The molecule has 0 unspecified atom stereocenters. The number of nitrogens with two attached hydrogens (primary N) is 1. The van der Waals surface area contributed by atoms with Crippen molar-refractivity contribution in [2.75, 3.05) is 5.32 Å². The van der Waals surface area contributed by atoms with E-state index in [1.165, 1.54) is 17.8 Å². The van der Waals surface area contributed by atoms with Crippen LogP contribution in [0.5, 0.6) is 0 Å². The van der Waals surface area contributed by atoms with Crippen molar-refractivity contribution in [1.82, 2.24) is 0 Å². The van der Waals surface area contributed by atoms with Crippen LogP contribution in [0.3, 0.4) is 0 Å². The van der Waals surface area contributed by atoms with E-state index in [-0.39, 0.29) is 25.2 Å².